The Hall–Kier alpha value is -0.650. The predicted octanol–water partition coefficient (Wildman–Crippen LogP) is 0.414. The highest BCUT2D eigenvalue weighted by Crippen LogP contribution is 1.95. The van der Waals surface area contributed by atoms with E-state index in [4.69, 9.17) is 10.2 Å². The summed E-state index contributed by atoms with van der Waals surface area (Å²) in [7, 11) is 1.95. The third kappa shape index (κ3) is 10.2. The van der Waals surface area contributed by atoms with Gasteiger partial charge in [0.1, 0.15) is 0 Å². The van der Waals surface area contributed by atoms with Crippen LogP contribution in [0.5, 0.6) is 0 Å². The van der Waals surface area contributed by atoms with E-state index in [0.717, 1.165) is 6.54 Å². The molecular weight excluding hydrogens is 220 g/mol. The summed E-state index contributed by atoms with van der Waals surface area (Å²) in [4.78, 5) is 15.2. The molecule has 0 aromatic rings. The van der Waals surface area contributed by atoms with Gasteiger partial charge in [0.25, 0.3) is 0 Å². The number of carbonyl (C=O) groups is 1. The largest absolute Gasteiger partial charge is 0.395 e. The van der Waals surface area contributed by atoms with Crippen molar-refractivity contribution in [1.82, 2.24) is 9.80 Å². The van der Waals surface area contributed by atoms with E-state index >= 15 is 0 Å². The molecule has 1 amide bonds. The van der Waals surface area contributed by atoms with Crippen LogP contribution in [0.3, 0.4) is 0 Å². The highest BCUT2D eigenvalue weighted by Gasteiger charge is 2.12. The first-order chi connectivity index (χ1) is 8.15. The first-order valence-corrected chi connectivity index (χ1v) is 6.33. The molecule has 0 spiro atoms. The summed E-state index contributed by atoms with van der Waals surface area (Å²) >= 11 is 0. The number of nitrogens with zero attached hydrogens (tertiary/aromatic N) is 2. The van der Waals surface area contributed by atoms with Crippen LogP contribution < -0.4 is 0 Å². The van der Waals surface area contributed by atoms with Crippen molar-refractivity contribution in [3.63, 3.8) is 0 Å². The van der Waals surface area contributed by atoms with Crippen molar-refractivity contribution in [3.05, 3.63) is 0 Å². The molecule has 0 rings (SSSR count). The Balaban J connectivity index is -0.000000709. The summed E-state index contributed by atoms with van der Waals surface area (Å²) in [6.45, 7) is 8.13. The number of amides is 1. The summed E-state index contributed by atoms with van der Waals surface area (Å²) in [5, 5.41) is 17.5. The van der Waals surface area contributed by atoms with Gasteiger partial charge in [-0.3, -0.25) is 4.79 Å². The lowest BCUT2D eigenvalue weighted by Crippen LogP contribution is -2.37. The fraction of sp³-hybridized carbons (Fsp3) is 0.917. The quantitative estimate of drug-likeness (QED) is 0.655. The molecule has 0 aliphatic carbocycles. The maximum absolute atomic E-state index is 11.6. The molecule has 0 aromatic carbocycles. The van der Waals surface area contributed by atoms with Crippen molar-refractivity contribution in [2.24, 2.45) is 0 Å². The van der Waals surface area contributed by atoms with Gasteiger partial charge in [0.05, 0.1) is 13.2 Å². The van der Waals surface area contributed by atoms with Gasteiger partial charge >= 0.3 is 0 Å². The van der Waals surface area contributed by atoms with Gasteiger partial charge in [0, 0.05) is 27.5 Å². The minimum absolute atomic E-state index is 0. The Kier molecular flexibility index (Phi) is 14.8. The topological polar surface area (TPSA) is 64.0 Å². The van der Waals surface area contributed by atoms with Gasteiger partial charge in [-0.25, -0.2) is 0 Å². The van der Waals surface area contributed by atoms with Gasteiger partial charge in [0.2, 0.25) is 5.91 Å². The van der Waals surface area contributed by atoms with E-state index in [9.17, 15) is 4.79 Å². The van der Waals surface area contributed by atoms with Crippen molar-refractivity contribution in [1.29, 1.82) is 0 Å². The summed E-state index contributed by atoms with van der Waals surface area (Å²) in [6, 6.07) is 0. The molecule has 0 atom stereocenters. The van der Waals surface area contributed by atoms with E-state index in [2.05, 4.69) is 0 Å². The highest BCUT2D eigenvalue weighted by atomic mass is 16.3. The van der Waals surface area contributed by atoms with Crippen molar-refractivity contribution >= 4 is 5.91 Å². The Labute approximate surface area is 107 Å². The molecule has 5 heteroatoms. The molecule has 0 fully saturated rings. The summed E-state index contributed by atoms with van der Waals surface area (Å²) in [5.74, 6) is -0.0154. The van der Waals surface area contributed by atoms with Crippen LogP contribution in [0.4, 0.5) is 0 Å². The molecule has 0 saturated carbocycles. The minimum atomic E-state index is -0.0602. The Morgan fingerprint density at radius 1 is 1.12 bits per heavy atom. The maximum atomic E-state index is 11.6. The van der Waals surface area contributed by atoms with Crippen LogP contribution in [0.1, 0.15) is 28.6 Å². The highest BCUT2D eigenvalue weighted by molar-refractivity contribution is 5.76. The number of rotatable bonds is 8. The third-order valence-electron chi connectivity index (χ3n) is 2.34. The van der Waals surface area contributed by atoms with E-state index in [1.807, 2.05) is 32.7 Å². The van der Waals surface area contributed by atoms with Gasteiger partial charge in [-0.1, -0.05) is 20.8 Å². The lowest BCUT2D eigenvalue weighted by molar-refractivity contribution is -0.132. The van der Waals surface area contributed by atoms with Crippen LogP contribution in [0.2, 0.25) is 0 Å². The Bertz CT molecular complexity index is 177. The van der Waals surface area contributed by atoms with Gasteiger partial charge in [0.15, 0.2) is 0 Å². The van der Waals surface area contributed by atoms with E-state index in [-0.39, 0.29) is 20.5 Å². The lowest BCUT2D eigenvalue weighted by Gasteiger charge is -2.22. The zero-order chi connectivity index (χ0) is 13.7. The van der Waals surface area contributed by atoms with E-state index in [0.29, 0.717) is 26.1 Å². The van der Waals surface area contributed by atoms with E-state index in [1.165, 1.54) is 4.90 Å². The van der Waals surface area contributed by atoms with E-state index in [1.54, 1.807) is 0 Å². The van der Waals surface area contributed by atoms with Crippen LogP contribution >= 0.6 is 0 Å². The fourth-order valence-corrected chi connectivity index (χ4v) is 1.21. The number of aliphatic hydroxyl groups excluding tert-OH is 2. The number of hydrogen-bond acceptors (Lipinski definition) is 4. The summed E-state index contributed by atoms with van der Waals surface area (Å²) in [5.41, 5.74) is 0. The predicted molar refractivity (Wildman–Crippen MR) is 72.0 cm³/mol. The molecule has 0 radical (unpaired) electrons. The second-order valence-electron chi connectivity index (χ2n) is 3.47. The minimum Gasteiger partial charge on any atom is -0.395 e. The average Bonchev–Trinajstić information content (AvgIpc) is 2.37. The van der Waals surface area contributed by atoms with Crippen LogP contribution in [0, 0.1) is 0 Å². The molecular formula is C12H30N2O3. The van der Waals surface area contributed by atoms with Gasteiger partial charge in [-0.15, -0.1) is 0 Å². The van der Waals surface area contributed by atoms with Crippen LogP contribution in [0.25, 0.3) is 0 Å². The molecule has 0 saturated heterocycles. The molecule has 0 aromatic heterocycles. The van der Waals surface area contributed by atoms with Crippen LogP contribution in [-0.4, -0.2) is 72.4 Å². The SMILES string of the molecule is CC.CCN(C)CCC(=O)N(CCO)CCO.[HH]. The molecule has 106 valence electrons. The average molecular weight is 250 g/mol. The number of carbonyl (C=O) groups excluding carboxylic acids is 1. The molecule has 0 unspecified atom stereocenters. The number of aliphatic hydroxyl groups is 2. The standard InChI is InChI=1S/C10H22N2O3.C2H6.H2/c1-3-11(2)5-4-10(15)12(6-8-13)7-9-14;1-2;/h13-14H,3-9H2,1-2H3;1-2H3;1H. The smallest absolute Gasteiger partial charge is 0.224 e. The first kappa shape index (κ1) is 18.7. The fourth-order valence-electron chi connectivity index (χ4n) is 1.21. The maximum Gasteiger partial charge on any atom is 0.224 e. The van der Waals surface area contributed by atoms with Gasteiger partial charge < -0.3 is 20.0 Å². The zero-order valence-corrected chi connectivity index (χ0v) is 11.6. The van der Waals surface area contributed by atoms with Crippen molar-refractivity contribution in [2.75, 3.05) is 46.4 Å². The molecule has 0 aliphatic rings. The number of hydrogen-bond donors (Lipinski definition) is 2. The Morgan fingerprint density at radius 3 is 1.94 bits per heavy atom. The first-order valence-electron chi connectivity index (χ1n) is 6.33. The molecule has 0 aliphatic heterocycles. The van der Waals surface area contributed by atoms with Crippen LogP contribution in [0.15, 0.2) is 0 Å². The van der Waals surface area contributed by atoms with Crippen molar-refractivity contribution in [3.8, 4) is 0 Å². The summed E-state index contributed by atoms with van der Waals surface area (Å²) in [6.07, 6.45) is 0.435. The molecule has 5 nitrogen and oxygen atoms in total. The Morgan fingerprint density at radius 2 is 1.59 bits per heavy atom. The second kappa shape index (κ2) is 13.4. The molecule has 0 bridgehead atoms. The van der Waals surface area contributed by atoms with E-state index < -0.39 is 0 Å². The van der Waals surface area contributed by atoms with Crippen molar-refractivity contribution < 1.29 is 16.4 Å². The molecule has 0 heterocycles. The third-order valence-corrected chi connectivity index (χ3v) is 2.34. The molecule has 17 heavy (non-hydrogen) atoms. The van der Waals surface area contributed by atoms with Crippen molar-refractivity contribution in [2.45, 2.75) is 27.2 Å². The zero-order valence-electron chi connectivity index (χ0n) is 11.6. The lowest BCUT2D eigenvalue weighted by atomic mass is 10.3. The van der Waals surface area contributed by atoms with Gasteiger partial charge in [-0.05, 0) is 13.6 Å². The van der Waals surface area contributed by atoms with Crippen LogP contribution in [-0.2, 0) is 4.79 Å². The second-order valence-corrected chi connectivity index (χ2v) is 3.47. The normalized spacial score (nSPS) is 9.82. The van der Waals surface area contributed by atoms with Gasteiger partial charge in [-0.2, -0.15) is 0 Å². The summed E-state index contributed by atoms with van der Waals surface area (Å²) < 4.78 is 0. The monoisotopic (exact) mass is 250 g/mol. The molecule has 2 N–H and O–H groups in total.